The first-order valence-electron chi connectivity index (χ1n) is 11.0. The van der Waals surface area contributed by atoms with Gasteiger partial charge in [0.05, 0.1) is 28.8 Å². The number of aromatic nitrogens is 3. The van der Waals surface area contributed by atoms with Crippen LogP contribution in [0.3, 0.4) is 0 Å². The van der Waals surface area contributed by atoms with Crippen molar-refractivity contribution in [2.24, 2.45) is 7.05 Å². The SMILES string of the molecule is Cc1cc(F)c2c(oc3nc(F)ccc32)c1-c1c2ccc(C3CCCC3)cc2nc[n+]1C. The van der Waals surface area contributed by atoms with Gasteiger partial charge in [0.25, 0.3) is 6.33 Å². The molecule has 0 amide bonds. The minimum atomic E-state index is -0.658. The highest BCUT2D eigenvalue weighted by atomic mass is 19.1. The number of aryl methyl sites for hydroxylation is 2. The highest BCUT2D eigenvalue weighted by Gasteiger charge is 2.26. The first-order chi connectivity index (χ1) is 15.5. The minimum Gasteiger partial charge on any atom is -0.437 e. The molecule has 6 rings (SSSR count). The normalized spacial score (nSPS) is 14.9. The van der Waals surface area contributed by atoms with Crippen molar-refractivity contribution in [1.29, 1.82) is 0 Å². The van der Waals surface area contributed by atoms with Crippen LogP contribution in [0, 0.1) is 18.7 Å². The molecule has 1 saturated carbocycles. The van der Waals surface area contributed by atoms with Crippen LogP contribution in [0.5, 0.6) is 0 Å². The highest BCUT2D eigenvalue weighted by molar-refractivity contribution is 6.11. The van der Waals surface area contributed by atoms with Gasteiger partial charge in [-0.15, -0.1) is 0 Å². The van der Waals surface area contributed by atoms with Crippen LogP contribution in [0.1, 0.15) is 42.7 Å². The molecule has 1 aliphatic rings. The number of benzene rings is 2. The van der Waals surface area contributed by atoms with E-state index in [4.69, 9.17) is 4.42 Å². The van der Waals surface area contributed by atoms with Gasteiger partial charge in [0.2, 0.25) is 11.7 Å². The third kappa shape index (κ3) is 2.82. The Morgan fingerprint density at radius 1 is 1.03 bits per heavy atom. The molecule has 1 aliphatic carbocycles. The summed E-state index contributed by atoms with van der Waals surface area (Å²) < 4.78 is 36.7. The molecule has 32 heavy (non-hydrogen) atoms. The van der Waals surface area contributed by atoms with Gasteiger partial charge >= 0.3 is 0 Å². The molecule has 0 atom stereocenters. The molecular formula is C26H22F2N3O+. The topological polar surface area (TPSA) is 42.8 Å². The lowest BCUT2D eigenvalue weighted by Crippen LogP contribution is -2.32. The smallest absolute Gasteiger partial charge is 0.287 e. The Kier molecular flexibility index (Phi) is 4.25. The molecule has 3 aromatic heterocycles. The van der Waals surface area contributed by atoms with E-state index >= 15 is 4.39 Å². The molecule has 2 aromatic carbocycles. The molecule has 4 nitrogen and oxygen atoms in total. The third-order valence-corrected chi connectivity index (χ3v) is 6.79. The number of hydrogen-bond donors (Lipinski definition) is 0. The van der Waals surface area contributed by atoms with E-state index < -0.39 is 11.8 Å². The van der Waals surface area contributed by atoms with Gasteiger partial charge in [0.1, 0.15) is 11.5 Å². The fourth-order valence-electron chi connectivity index (χ4n) is 5.25. The van der Waals surface area contributed by atoms with E-state index in [0.717, 1.165) is 27.7 Å². The van der Waals surface area contributed by atoms with Gasteiger partial charge in [-0.05, 0) is 72.1 Å². The van der Waals surface area contributed by atoms with Crippen molar-refractivity contribution in [3.05, 3.63) is 65.6 Å². The summed E-state index contributed by atoms with van der Waals surface area (Å²) in [6.45, 7) is 1.86. The molecule has 0 unspecified atom stereocenters. The van der Waals surface area contributed by atoms with E-state index in [9.17, 15) is 4.39 Å². The Labute approximate surface area is 183 Å². The van der Waals surface area contributed by atoms with Crippen LogP contribution in [-0.2, 0) is 7.05 Å². The maximum absolute atomic E-state index is 15.0. The first-order valence-corrected chi connectivity index (χ1v) is 11.0. The lowest BCUT2D eigenvalue weighted by Gasteiger charge is -2.12. The molecule has 0 saturated heterocycles. The van der Waals surface area contributed by atoms with Gasteiger partial charge < -0.3 is 4.42 Å². The summed E-state index contributed by atoms with van der Waals surface area (Å²) in [5, 5.41) is 1.75. The largest absolute Gasteiger partial charge is 0.437 e. The molecule has 0 N–H and O–H groups in total. The number of pyridine rings is 1. The summed E-state index contributed by atoms with van der Waals surface area (Å²) in [7, 11) is 1.92. The zero-order valence-electron chi connectivity index (χ0n) is 18.0. The average Bonchev–Trinajstić information content (AvgIpc) is 3.42. The van der Waals surface area contributed by atoms with Gasteiger partial charge in [0, 0.05) is 0 Å². The van der Waals surface area contributed by atoms with Crippen LogP contribution >= 0.6 is 0 Å². The fourth-order valence-corrected chi connectivity index (χ4v) is 5.25. The summed E-state index contributed by atoms with van der Waals surface area (Å²) >= 11 is 0. The molecule has 1 fully saturated rings. The summed E-state index contributed by atoms with van der Waals surface area (Å²) in [5.41, 5.74) is 5.08. The van der Waals surface area contributed by atoms with E-state index in [1.54, 1.807) is 6.33 Å². The van der Waals surface area contributed by atoms with E-state index in [1.165, 1.54) is 49.4 Å². The third-order valence-electron chi connectivity index (χ3n) is 6.79. The van der Waals surface area contributed by atoms with Crippen molar-refractivity contribution < 1.29 is 17.8 Å². The van der Waals surface area contributed by atoms with Crippen molar-refractivity contribution in [2.75, 3.05) is 0 Å². The number of rotatable bonds is 2. The van der Waals surface area contributed by atoms with Crippen molar-refractivity contribution in [1.82, 2.24) is 9.97 Å². The summed E-state index contributed by atoms with van der Waals surface area (Å²) in [6, 6.07) is 10.7. The van der Waals surface area contributed by atoms with Crippen molar-refractivity contribution in [2.45, 2.75) is 38.5 Å². The van der Waals surface area contributed by atoms with Crippen LogP contribution in [0.4, 0.5) is 8.78 Å². The predicted molar refractivity (Wildman–Crippen MR) is 119 cm³/mol. The van der Waals surface area contributed by atoms with E-state index in [1.807, 2.05) is 18.5 Å². The number of furan rings is 1. The quantitative estimate of drug-likeness (QED) is 0.245. The van der Waals surface area contributed by atoms with Crippen LogP contribution in [0.2, 0.25) is 0 Å². The zero-order chi connectivity index (χ0) is 22.0. The summed E-state index contributed by atoms with van der Waals surface area (Å²) in [4.78, 5) is 8.52. The Balaban J connectivity index is 1.67. The first kappa shape index (κ1) is 19.3. The maximum atomic E-state index is 15.0. The lowest BCUT2D eigenvalue weighted by molar-refractivity contribution is -0.662. The van der Waals surface area contributed by atoms with Crippen LogP contribution in [0.15, 0.2) is 47.1 Å². The Bertz CT molecular complexity index is 1530. The van der Waals surface area contributed by atoms with Gasteiger partial charge in [-0.25, -0.2) is 8.96 Å². The van der Waals surface area contributed by atoms with Gasteiger partial charge in [-0.3, -0.25) is 0 Å². The summed E-state index contributed by atoms with van der Waals surface area (Å²) in [5.74, 6) is -0.471. The standard InChI is InChI=1S/C26H22F2N3O/c1-14-11-19(27)23-18-9-10-21(28)30-26(18)32-25(23)22(14)24-17-8-7-16(15-5-3-4-6-15)12-20(17)29-13-31(24)2/h7-13,15H,3-6H2,1-2H3/q+1. The molecule has 0 bridgehead atoms. The number of fused-ring (bicyclic) bond motifs is 4. The second-order valence-electron chi connectivity index (χ2n) is 8.81. The average molecular weight is 430 g/mol. The number of nitrogens with zero attached hydrogens (tertiary/aromatic N) is 3. The van der Waals surface area contributed by atoms with E-state index in [-0.39, 0.29) is 5.71 Å². The van der Waals surface area contributed by atoms with Crippen LogP contribution in [-0.4, -0.2) is 9.97 Å². The monoisotopic (exact) mass is 430 g/mol. The van der Waals surface area contributed by atoms with Crippen LogP contribution in [0.25, 0.3) is 44.2 Å². The molecule has 0 radical (unpaired) electrons. The number of halogens is 2. The zero-order valence-corrected chi connectivity index (χ0v) is 18.0. The molecular weight excluding hydrogens is 408 g/mol. The summed E-state index contributed by atoms with van der Waals surface area (Å²) in [6.07, 6.45) is 6.78. The molecule has 5 aromatic rings. The second-order valence-corrected chi connectivity index (χ2v) is 8.81. The molecule has 0 spiro atoms. The molecule has 3 heterocycles. The van der Waals surface area contributed by atoms with Crippen molar-refractivity contribution in [3.8, 4) is 11.3 Å². The molecule has 160 valence electrons. The second kappa shape index (κ2) is 7.05. The lowest BCUT2D eigenvalue weighted by atomic mass is 9.94. The minimum absolute atomic E-state index is 0.0929. The Hall–Kier alpha value is -3.41. The highest BCUT2D eigenvalue weighted by Crippen LogP contribution is 2.41. The van der Waals surface area contributed by atoms with E-state index in [0.29, 0.717) is 22.3 Å². The van der Waals surface area contributed by atoms with E-state index in [2.05, 4.69) is 28.2 Å². The molecule has 6 heteroatoms. The van der Waals surface area contributed by atoms with Gasteiger partial charge in [0.15, 0.2) is 11.1 Å². The van der Waals surface area contributed by atoms with Crippen molar-refractivity contribution in [3.63, 3.8) is 0 Å². The molecule has 0 aliphatic heterocycles. The number of hydrogen-bond acceptors (Lipinski definition) is 3. The van der Waals surface area contributed by atoms with Gasteiger partial charge in [-0.1, -0.05) is 18.9 Å². The Morgan fingerprint density at radius 3 is 2.62 bits per heavy atom. The fraction of sp³-hybridized carbons (Fsp3) is 0.269. The predicted octanol–water partition coefficient (Wildman–Crippen LogP) is 6.26. The Morgan fingerprint density at radius 2 is 1.81 bits per heavy atom. The van der Waals surface area contributed by atoms with Crippen molar-refractivity contribution >= 4 is 33.0 Å². The van der Waals surface area contributed by atoms with Gasteiger partial charge in [-0.2, -0.15) is 9.37 Å². The van der Waals surface area contributed by atoms with Crippen LogP contribution < -0.4 is 4.57 Å². The maximum Gasteiger partial charge on any atom is 0.287 e.